The Morgan fingerprint density at radius 3 is 3.08 bits per heavy atom. The summed E-state index contributed by atoms with van der Waals surface area (Å²) in [6.07, 6.45) is 5.27. The van der Waals surface area contributed by atoms with Crippen LogP contribution in [-0.2, 0) is 9.53 Å². The zero-order valence-electron chi connectivity index (χ0n) is 6.99. The van der Waals surface area contributed by atoms with E-state index in [0.29, 0.717) is 13.0 Å². The molecule has 0 fully saturated rings. The molecule has 1 aliphatic heterocycles. The highest BCUT2D eigenvalue weighted by molar-refractivity contribution is 5.74. The molecular weight excluding hydrogens is 156 g/mol. The highest BCUT2D eigenvalue weighted by Gasteiger charge is 2.26. The van der Waals surface area contributed by atoms with E-state index in [1.165, 1.54) is 0 Å². The molecule has 1 heterocycles. The van der Waals surface area contributed by atoms with Crippen LogP contribution in [0.25, 0.3) is 0 Å². The first-order valence-corrected chi connectivity index (χ1v) is 3.85. The average Bonchev–Trinajstić information content (AvgIpc) is 2.05. The fraction of sp³-hybridized carbons (Fsp3) is 0.500. The zero-order valence-corrected chi connectivity index (χ0v) is 6.99. The average molecular weight is 168 g/mol. The van der Waals surface area contributed by atoms with E-state index in [0.717, 1.165) is 0 Å². The lowest BCUT2D eigenvalue weighted by atomic mass is 10.2. The standard InChI is InChI=1S/C8H12N2O2/c1-2-7(11)12-8(9)4-3-5-10-6-8/h3-5H,2,6,9H2,1H3. The van der Waals surface area contributed by atoms with Gasteiger partial charge in [0.1, 0.15) is 0 Å². The highest BCUT2D eigenvalue weighted by Crippen LogP contribution is 2.10. The number of aliphatic imine (C=N–C) groups is 1. The third-order valence-electron chi connectivity index (χ3n) is 1.50. The van der Waals surface area contributed by atoms with Crippen molar-refractivity contribution < 1.29 is 9.53 Å². The highest BCUT2D eigenvalue weighted by atomic mass is 16.6. The van der Waals surface area contributed by atoms with Gasteiger partial charge in [-0.2, -0.15) is 0 Å². The van der Waals surface area contributed by atoms with Crippen molar-refractivity contribution in [1.82, 2.24) is 0 Å². The molecule has 1 rings (SSSR count). The molecule has 1 unspecified atom stereocenters. The molecule has 4 heteroatoms. The van der Waals surface area contributed by atoms with Crippen LogP contribution in [0.5, 0.6) is 0 Å². The summed E-state index contributed by atoms with van der Waals surface area (Å²) in [6.45, 7) is 2.02. The third-order valence-corrected chi connectivity index (χ3v) is 1.50. The van der Waals surface area contributed by atoms with Crippen LogP contribution in [0.4, 0.5) is 0 Å². The minimum atomic E-state index is -1.03. The second-order valence-electron chi connectivity index (χ2n) is 2.63. The van der Waals surface area contributed by atoms with Gasteiger partial charge >= 0.3 is 5.97 Å². The Balaban J connectivity index is 2.55. The number of nitrogens with two attached hydrogens (primary N) is 1. The Hall–Kier alpha value is -1.16. The molecule has 0 saturated carbocycles. The number of rotatable bonds is 2. The molecule has 0 aromatic rings. The number of hydrogen-bond acceptors (Lipinski definition) is 4. The molecule has 0 saturated heterocycles. The second-order valence-corrected chi connectivity index (χ2v) is 2.63. The smallest absolute Gasteiger partial charge is 0.307 e. The van der Waals surface area contributed by atoms with Gasteiger partial charge in [0.2, 0.25) is 5.72 Å². The Morgan fingerprint density at radius 2 is 2.58 bits per heavy atom. The summed E-state index contributed by atoms with van der Waals surface area (Å²) < 4.78 is 4.97. The molecule has 0 aliphatic carbocycles. The molecule has 4 nitrogen and oxygen atoms in total. The lowest BCUT2D eigenvalue weighted by Gasteiger charge is -2.25. The zero-order chi connectivity index (χ0) is 9.03. The van der Waals surface area contributed by atoms with Gasteiger partial charge < -0.3 is 4.74 Å². The van der Waals surface area contributed by atoms with Crippen LogP contribution in [-0.4, -0.2) is 24.5 Å². The van der Waals surface area contributed by atoms with Crippen molar-refractivity contribution in [3.05, 3.63) is 12.2 Å². The lowest BCUT2D eigenvalue weighted by Crippen LogP contribution is -2.46. The van der Waals surface area contributed by atoms with Crippen molar-refractivity contribution in [2.45, 2.75) is 19.1 Å². The first-order chi connectivity index (χ1) is 5.66. The fourth-order valence-corrected chi connectivity index (χ4v) is 0.865. The molecule has 66 valence electrons. The van der Waals surface area contributed by atoms with Crippen molar-refractivity contribution in [2.24, 2.45) is 10.7 Å². The summed E-state index contributed by atoms with van der Waals surface area (Å²) in [5.74, 6) is -0.306. The predicted octanol–water partition coefficient (Wildman–Crippen LogP) is 0.235. The lowest BCUT2D eigenvalue weighted by molar-refractivity contribution is -0.153. The van der Waals surface area contributed by atoms with E-state index in [2.05, 4.69) is 4.99 Å². The number of carbonyl (C=O) groups excluding carboxylic acids is 1. The number of esters is 1. The molecule has 0 radical (unpaired) electrons. The summed E-state index contributed by atoms with van der Waals surface area (Å²) in [5.41, 5.74) is 4.67. The molecule has 0 aromatic heterocycles. The molecule has 0 aromatic carbocycles. The topological polar surface area (TPSA) is 64.7 Å². The molecule has 0 bridgehead atoms. The molecule has 0 spiro atoms. The summed E-state index contributed by atoms with van der Waals surface area (Å²) in [6, 6.07) is 0. The van der Waals surface area contributed by atoms with Crippen molar-refractivity contribution >= 4 is 12.2 Å². The monoisotopic (exact) mass is 168 g/mol. The quantitative estimate of drug-likeness (QED) is 0.474. The van der Waals surface area contributed by atoms with Crippen LogP contribution < -0.4 is 5.73 Å². The van der Waals surface area contributed by atoms with Gasteiger partial charge in [0.25, 0.3) is 0 Å². The Kier molecular flexibility index (Phi) is 2.60. The van der Waals surface area contributed by atoms with Crippen LogP contribution >= 0.6 is 0 Å². The van der Waals surface area contributed by atoms with Gasteiger partial charge in [0.15, 0.2) is 0 Å². The van der Waals surface area contributed by atoms with E-state index in [9.17, 15) is 4.79 Å². The van der Waals surface area contributed by atoms with Gasteiger partial charge in [0.05, 0.1) is 6.54 Å². The van der Waals surface area contributed by atoms with Gasteiger partial charge in [-0.3, -0.25) is 15.5 Å². The summed E-state index contributed by atoms with van der Waals surface area (Å²) in [7, 11) is 0. The van der Waals surface area contributed by atoms with E-state index < -0.39 is 5.72 Å². The van der Waals surface area contributed by atoms with Crippen molar-refractivity contribution in [3.8, 4) is 0 Å². The van der Waals surface area contributed by atoms with E-state index in [1.54, 1.807) is 25.3 Å². The van der Waals surface area contributed by atoms with Crippen molar-refractivity contribution in [1.29, 1.82) is 0 Å². The Bertz CT molecular complexity index is 235. The number of carbonyl (C=O) groups is 1. The molecule has 2 N–H and O–H groups in total. The first-order valence-electron chi connectivity index (χ1n) is 3.85. The van der Waals surface area contributed by atoms with Gasteiger partial charge in [-0.25, -0.2) is 0 Å². The Morgan fingerprint density at radius 1 is 1.83 bits per heavy atom. The van der Waals surface area contributed by atoms with Gasteiger partial charge in [-0.15, -0.1) is 0 Å². The van der Waals surface area contributed by atoms with E-state index in [-0.39, 0.29) is 5.97 Å². The van der Waals surface area contributed by atoms with Crippen molar-refractivity contribution in [2.75, 3.05) is 6.54 Å². The van der Waals surface area contributed by atoms with Gasteiger partial charge in [-0.05, 0) is 12.2 Å². The second kappa shape index (κ2) is 3.49. The van der Waals surface area contributed by atoms with E-state index >= 15 is 0 Å². The normalized spacial score (nSPS) is 27.2. The van der Waals surface area contributed by atoms with Gasteiger partial charge in [-0.1, -0.05) is 6.92 Å². The van der Waals surface area contributed by atoms with Crippen molar-refractivity contribution in [3.63, 3.8) is 0 Å². The molecule has 1 aliphatic rings. The minimum absolute atomic E-state index is 0.301. The van der Waals surface area contributed by atoms with E-state index in [4.69, 9.17) is 10.5 Å². The molecule has 1 atom stereocenters. The maximum absolute atomic E-state index is 10.9. The molecule has 12 heavy (non-hydrogen) atoms. The van der Waals surface area contributed by atoms with Gasteiger partial charge in [0, 0.05) is 12.6 Å². The van der Waals surface area contributed by atoms with E-state index in [1.807, 2.05) is 0 Å². The maximum Gasteiger partial charge on any atom is 0.307 e. The van der Waals surface area contributed by atoms with Crippen LogP contribution in [0.15, 0.2) is 17.1 Å². The SMILES string of the molecule is CCC(=O)OC1(N)C=CC=NC1. The number of ether oxygens (including phenoxy) is 1. The molecule has 0 amide bonds. The summed E-state index contributed by atoms with van der Waals surface area (Å²) in [4.78, 5) is 14.8. The third kappa shape index (κ3) is 2.17. The maximum atomic E-state index is 10.9. The number of nitrogens with zero attached hydrogens (tertiary/aromatic N) is 1. The Labute approximate surface area is 71.1 Å². The fourth-order valence-electron chi connectivity index (χ4n) is 0.865. The number of dihydropyridines is 1. The number of allylic oxidation sites excluding steroid dienone is 1. The van der Waals surface area contributed by atoms with Crippen LogP contribution in [0.2, 0.25) is 0 Å². The minimum Gasteiger partial charge on any atom is -0.438 e. The van der Waals surface area contributed by atoms with Crippen LogP contribution in [0, 0.1) is 0 Å². The first kappa shape index (κ1) is 8.93. The summed E-state index contributed by atoms with van der Waals surface area (Å²) in [5, 5.41) is 0. The number of hydrogen-bond donors (Lipinski definition) is 1. The van der Waals surface area contributed by atoms with Crippen LogP contribution in [0.3, 0.4) is 0 Å². The predicted molar refractivity (Wildman–Crippen MR) is 45.8 cm³/mol. The molecular formula is C8H12N2O2. The van der Waals surface area contributed by atoms with Crippen LogP contribution in [0.1, 0.15) is 13.3 Å². The summed E-state index contributed by atoms with van der Waals surface area (Å²) >= 11 is 0. The largest absolute Gasteiger partial charge is 0.438 e.